The third-order valence-electron chi connectivity index (χ3n) is 18.5. The lowest BCUT2D eigenvalue weighted by atomic mass is 10.2. The lowest BCUT2D eigenvalue weighted by Crippen LogP contribution is -2.31. The van der Waals surface area contributed by atoms with Crippen LogP contribution >= 0.6 is 41.8 Å². The van der Waals surface area contributed by atoms with Crippen molar-refractivity contribution in [2.45, 2.75) is 59.3 Å². The molecule has 0 aliphatic rings. The van der Waals surface area contributed by atoms with Gasteiger partial charge in [-0.15, -0.1) is 34.0 Å². The third kappa shape index (κ3) is 24.9. The van der Waals surface area contributed by atoms with Gasteiger partial charge in [0.2, 0.25) is 17.7 Å². The van der Waals surface area contributed by atoms with Crippen LogP contribution in [-0.2, 0) is 51.8 Å². The molecule has 31 nitrogen and oxygen atoms in total. The first-order valence-corrected chi connectivity index (χ1v) is 42.2. The molecule has 6 aromatic carbocycles. The molecule has 6 aromatic heterocycles. The Bertz CT molecular complexity index is 4950. The van der Waals surface area contributed by atoms with E-state index in [9.17, 15) is 32.1 Å². The Morgan fingerprint density at radius 1 is 0.387 bits per heavy atom. The number of para-hydroxylation sites is 3. The molecule has 6 N–H and O–H groups in total. The van der Waals surface area contributed by atoms with E-state index < -0.39 is 25.3 Å². The highest BCUT2D eigenvalue weighted by molar-refractivity contribution is 7.48. The zero-order valence-electron chi connectivity index (χ0n) is 66.2. The van der Waals surface area contributed by atoms with Gasteiger partial charge in [0.15, 0.2) is 49.9 Å². The number of benzene rings is 6. The lowest BCUT2D eigenvalue weighted by molar-refractivity contribution is -0.116. The van der Waals surface area contributed by atoms with E-state index in [-0.39, 0.29) is 73.9 Å². The number of ether oxygens (including phenoxy) is 6. The Labute approximate surface area is 696 Å². The lowest BCUT2D eigenvalue weighted by Gasteiger charge is -2.25. The van der Waals surface area contributed by atoms with Crippen molar-refractivity contribution in [3.63, 3.8) is 0 Å². The van der Waals surface area contributed by atoms with Crippen LogP contribution < -0.4 is 60.3 Å². The number of phosphoric ester groups is 1. The van der Waals surface area contributed by atoms with Gasteiger partial charge in [0, 0.05) is 107 Å². The zero-order chi connectivity index (χ0) is 83.5. The molecule has 0 saturated heterocycles. The summed E-state index contributed by atoms with van der Waals surface area (Å²) in [5.74, 6) is 1.45. The highest BCUT2D eigenvalue weighted by Gasteiger charge is 2.29. The van der Waals surface area contributed by atoms with E-state index in [1.54, 1.807) is 113 Å². The quantitative estimate of drug-likeness (QED) is 0.0152. The van der Waals surface area contributed by atoms with Crippen LogP contribution in [-0.4, -0.2) is 197 Å². The fourth-order valence-electron chi connectivity index (χ4n) is 12.4. The largest absolute Gasteiger partial charge is 0.493 e. The number of thiazole rings is 3. The number of rotatable bonds is 48. The first-order chi connectivity index (χ1) is 57.9. The fourth-order valence-corrected chi connectivity index (χ4v) is 15.9. The number of hydrogen-bond acceptors (Lipinski definition) is 31. The maximum atomic E-state index is 14.8. The minimum atomic E-state index is -4.17. The number of carbonyl (C=O) groups is 3. The maximum absolute atomic E-state index is 14.8. The number of aromatic nitrogens is 9. The summed E-state index contributed by atoms with van der Waals surface area (Å²) in [7, 11) is 0.472. The number of fused-ring (bicyclic) bond motifs is 3. The predicted octanol–water partition coefficient (Wildman–Crippen LogP) is 14.9. The van der Waals surface area contributed by atoms with Crippen molar-refractivity contribution in [2.24, 2.45) is 0 Å². The normalized spacial score (nSPS) is 11.6. The number of nitrogens with one attached hydrogen (secondary N) is 6. The van der Waals surface area contributed by atoms with Crippen LogP contribution in [0.4, 0.5) is 63.1 Å². The Morgan fingerprint density at radius 3 is 0.958 bits per heavy atom. The van der Waals surface area contributed by atoms with Gasteiger partial charge in [-0.05, 0) is 93.5 Å². The summed E-state index contributed by atoms with van der Waals surface area (Å²) in [5, 5.41) is 20.9. The average Bonchev–Trinajstić information content (AvgIpc) is 1.40. The zero-order valence-corrected chi connectivity index (χ0v) is 69.5. The smallest absolute Gasteiger partial charge is 0.474 e. The van der Waals surface area contributed by atoms with E-state index in [1.807, 2.05) is 20.8 Å². The van der Waals surface area contributed by atoms with Gasteiger partial charge in [-0.1, -0.05) is 57.2 Å². The van der Waals surface area contributed by atoms with Gasteiger partial charge in [-0.2, -0.15) is 0 Å². The molecule has 0 aliphatic heterocycles. The summed E-state index contributed by atoms with van der Waals surface area (Å²) in [6, 6.07) is 28.6. The predicted molar refractivity (Wildman–Crippen MR) is 453 cm³/mol. The van der Waals surface area contributed by atoms with Gasteiger partial charge in [-0.25, -0.2) is 62.6 Å². The highest BCUT2D eigenvalue weighted by Crippen LogP contribution is 2.49. The Kier molecular flexibility index (Phi) is 31.7. The van der Waals surface area contributed by atoms with E-state index in [1.165, 1.54) is 89.4 Å². The standard InChI is InChI=1S/C81H90F3N18O13PS3/c1-7-100(25-16-31-110-70-43-64-55(40-67(70)107-4)76(91-49-88-64)97-79-85-46-52(117-79)37-73(103)94-61-22-13-10-19-58(61)82)28-34-113-116(106,114-35-29-101(8-2)26-17-32-111-71-44-65-56(41-68(71)108-5)77(92-50-89-65)98-80-86-47-53(118-80)38-74(104)95-62-23-14-11-20-59(62)83)115-36-30-102(9-3)27-18-33-112-72-45-66-57(42-69(72)109-6)78(93-51-90-66)99-81-87-48-54(119-81)39-75(105)96-63-24-15-12-21-60(63)84/h10-15,19-24,40-51H,7-9,16-18,25-39H2,1-6H3,(H,94,103)(H,95,104)(H,96,105)(H,85,88,91,97)(H,86,89,92,98)(H,87,90,93,99). The van der Waals surface area contributed by atoms with Crippen molar-refractivity contribution in [2.75, 3.05) is 152 Å². The van der Waals surface area contributed by atoms with Crippen LogP contribution in [0.3, 0.4) is 0 Å². The molecule has 626 valence electrons. The monoisotopic (exact) mass is 1710 g/mol. The number of likely N-dealkylation sites (N-methyl/N-ethyl adjacent to an activating group) is 3. The van der Waals surface area contributed by atoms with Crippen LogP contribution in [0.5, 0.6) is 34.5 Å². The van der Waals surface area contributed by atoms with Crippen molar-refractivity contribution in [1.82, 2.24) is 59.6 Å². The maximum Gasteiger partial charge on any atom is 0.474 e. The number of halogens is 3. The summed E-state index contributed by atoms with van der Waals surface area (Å²) in [6.07, 6.45) is 10.8. The molecule has 0 unspecified atom stereocenters. The van der Waals surface area contributed by atoms with Crippen molar-refractivity contribution in [3.8, 4) is 34.5 Å². The number of nitrogens with zero attached hydrogens (tertiary/aromatic N) is 12. The van der Waals surface area contributed by atoms with Crippen LogP contribution in [0.1, 0.15) is 54.7 Å². The number of hydrogen-bond donors (Lipinski definition) is 6. The van der Waals surface area contributed by atoms with Crippen molar-refractivity contribution in [3.05, 3.63) is 179 Å². The molecule has 0 bridgehead atoms. The van der Waals surface area contributed by atoms with Crippen molar-refractivity contribution < 1.29 is 74.1 Å². The van der Waals surface area contributed by atoms with Crippen LogP contribution in [0, 0.1) is 17.5 Å². The first-order valence-electron chi connectivity index (χ1n) is 38.3. The molecule has 0 radical (unpaired) electrons. The summed E-state index contributed by atoms with van der Waals surface area (Å²) < 4.78 is 112. The van der Waals surface area contributed by atoms with E-state index in [0.29, 0.717) is 213 Å². The third-order valence-corrected chi connectivity index (χ3v) is 22.7. The molecule has 0 fully saturated rings. The van der Waals surface area contributed by atoms with Crippen molar-refractivity contribution >= 4 is 142 Å². The molecule has 119 heavy (non-hydrogen) atoms. The molecule has 12 rings (SSSR count). The summed E-state index contributed by atoms with van der Waals surface area (Å²) in [6.45, 7) is 12.1. The second-order valence-electron chi connectivity index (χ2n) is 26.5. The number of amides is 3. The molecular weight excluding hydrogens is 1620 g/mol. The van der Waals surface area contributed by atoms with Crippen molar-refractivity contribution in [1.29, 1.82) is 0 Å². The summed E-state index contributed by atoms with van der Waals surface area (Å²) in [5.41, 5.74) is 2.04. The topological polar surface area (TPSA) is 349 Å². The number of anilines is 9. The number of carbonyl (C=O) groups excluding carboxylic acids is 3. The first kappa shape index (κ1) is 86.9. The van der Waals surface area contributed by atoms with Gasteiger partial charge in [0.25, 0.3) is 0 Å². The fraction of sp³-hybridized carbons (Fsp3) is 0.333. The van der Waals surface area contributed by atoms with E-state index >= 15 is 0 Å². The molecule has 12 aromatic rings. The number of methoxy groups -OCH3 is 3. The van der Waals surface area contributed by atoms with E-state index in [0.717, 1.165) is 0 Å². The van der Waals surface area contributed by atoms with Crippen LogP contribution in [0.15, 0.2) is 147 Å². The highest BCUT2D eigenvalue weighted by atomic mass is 32.1. The van der Waals surface area contributed by atoms with Crippen LogP contribution in [0.2, 0.25) is 0 Å². The van der Waals surface area contributed by atoms with Gasteiger partial charge >= 0.3 is 7.82 Å². The molecule has 3 amide bonds. The summed E-state index contributed by atoms with van der Waals surface area (Å²) in [4.78, 5) is 86.9. The SMILES string of the molecule is CCN(CCCOc1cc2ncnc(Nc3ncc(CC(=O)Nc4ccccc4F)s3)c2cc1OC)CCOP(=O)(OCCN(CC)CCCOc1cc2ncnc(Nc3ncc(CC(=O)Nc4ccccc4F)s3)c2cc1OC)OCCN(CC)CCCOc1cc2ncnc(Nc3ncc(CC(=O)Nc4ccccc4F)s3)c2cc1OC. The molecule has 6 heterocycles. The molecule has 0 atom stereocenters. The van der Waals surface area contributed by atoms with E-state index in [2.05, 4.69) is 91.5 Å². The average molecular weight is 1710 g/mol. The Morgan fingerprint density at radius 2 is 0.681 bits per heavy atom. The molecular formula is C81H90F3N18O13PS3. The molecule has 38 heteroatoms. The number of phosphoric acid groups is 1. The van der Waals surface area contributed by atoms with Gasteiger partial charge < -0.3 is 75.0 Å². The minimum Gasteiger partial charge on any atom is -0.493 e. The van der Waals surface area contributed by atoms with Gasteiger partial charge in [0.1, 0.15) is 53.9 Å². The molecule has 0 saturated carbocycles. The van der Waals surface area contributed by atoms with Gasteiger partial charge in [-0.3, -0.25) is 28.0 Å². The van der Waals surface area contributed by atoms with Gasteiger partial charge in [0.05, 0.1) is 114 Å². The second-order valence-corrected chi connectivity index (χ2v) is 31.5. The molecule has 0 spiro atoms. The Hall–Kier alpha value is -11.4. The van der Waals surface area contributed by atoms with Crippen LogP contribution in [0.25, 0.3) is 32.7 Å². The molecule has 0 aliphatic carbocycles. The summed E-state index contributed by atoms with van der Waals surface area (Å²) >= 11 is 3.79. The second kappa shape index (κ2) is 43.4. The van der Waals surface area contributed by atoms with E-state index in [4.69, 9.17) is 42.0 Å². The Balaban J connectivity index is 0.629. The minimum absolute atomic E-state index is 0.00629.